The molecule has 104 valence electrons. The number of halogens is 1. The van der Waals surface area contributed by atoms with Crippen LogP contribution < -0.4 is 5.32 Å². The summed E-state index contributed by atoms with van der Waals surface area (Å²) in [5, 5.41) is 12.4. The summed E-state index contributed by atoms with van der Waals surface area (Å²) in [4.78, 5) is 23.6. The molecule has 0 radical (unpaired) electrons. The van der Waals surface area contributed by atoms with Crippen molar-refractivity contribution in [2.45, 2.75) is 12.2 Å². The van der Waals surface area contributed by atoms with Crippen molar-refractivity contribution in [3.63, 3.8) is 0 Å². The molecule has 6 heteroatoms. The number of carboxylic acids is 1. The Hall–Kier alpha value is -1.85. The maximum absolute atomic E-state index is 12.3. The van der Waals surface area contributed by atoms with Crippen molar-refractivity contribution in [1.82, 2.24) is 0 Å². The first kappa shape index (κ1) is 13.1. The first-order valence-electron chi connectivity index (χ1n) is 6.19. The van der Waals surface area contributed by atoms with Gasteiger partial charge in [-0.25, -0.2) is 0 Å². The molecule has 5 nitrogen and oxygen atoms in total. The van der Waals surface area contributed by atoms with Crippen molar-refractivity contribution in [3.05, 3.63) is 41.4 Å². The van der Waals surface area contributed by atoms with E-state index in [1.54, 1.807) is 36.4 Å². The number of carboxylic acid groups (broad SMARTS) is 1. The number of rotatable bonds is 3. The number of fused-ring (bicyclic) bond motifs is 2. The lowest BCUT2D eigenvalue weighted by Gasteiger charge is -2.21. The lowest BCUT2D eigenvalue weighted by molar-refractivity contribution is -0.145. The minimum Gasteiger partial charge on any atom is -0.481 e. The molecule has 0 saturated carbocycles. The Bertz CT molecular complexity index is 601. The number of ether oxygens (including phenoxy) is 1. The second-order valence-electron chi connectivity index (χ2n) is 4.84. The van der Waals surface area contributed by atoms with E-state index in [1.165, 1.54) is 0 Å². The number of nitrogens with one attached hydrogen (secondary N) is 1. The Labute approximate surface area is 120 Å². The smallest absolute Gasteiger partial charge is 0.310 e. The van der Waals surface area contributed by atoms with Crippen LogP contribution in [0.1, 0.15) is 0 Å². The van der Waals surface area contributed by atoms with E-state index in [2.05, 4.69) is 5.32 Å². The van der Waals surface area contributed by atoms with E-state index < -0.39 is 30.0 Å². The van der Waals surface area contributed by atoms with Gasteiger partial charge in [-0.1, -0.05) is 29.8 Å². The molecule has 4 atom stereocenters. The topological polar surface area (TPSA) is 75.6 Å². The van der Waals surface area contributed by atoms with Crippen LogP contribution in [0.15, 0.2) is 36.4 Å². The SMILES string of the molecule is O=C(O)C1C2C=CC(O2)C1C(=O)Nc1cccc(Cl)c1. The molecule has 1 amide bonds. The van der Waals surface area contributed by atoms with Gasteiger partial charge in [0.1, 0.15) is 5.92 Å². The van der Waals surface area contributed by atoms with Crippen molar-refractivity contribution >= 4 is 29.2 Å². The van der Waals surface area contributed by atoms with E-state index in [4.69, 9.17) is 16.3 Å². The molecule has 1 aromatic rings. The van der Waals surface area contributed by atoms with Crippen molar-refractivity contribution < 1.29 is 19.4 Å². The zero-order chi connectivity index (χ0) is 14.3. The number of aliphatic carboxylic acids is 1. The lowest BCUT2D eigenvalue weighted by atomic mass is 9.82. The van der Waals surface area contributed by atoms with Gasteiger partial charge in [0.25, 0.3) is 0 Å². The molecule has 2 N–H and O–H groups in total. The summed E-state index contributed by atoms with van der Waals surface area (Å²) >= 11 is 5.85. The van der Waals surface area contributed by atoms with E-state index in [0.29, 0.717) is 10.7 Å². The molecule has 0 spiro atoms. The van der Waals surface area contributed by atoms with E-state index in [-0.39, 0.29) is 5.91 Å². The van der Waals surface area contributed by atoms with Gasteiger partial charge in [-0.05, 0) is 18.2 Å². The second-order valence-corrected chi connectivity index (χ2v) is 5.28. The van der Waals surface area contributed by atoms with Gasteiger partial charge in [0.05, 0.1) is 18.1 Å². The molecule has 1 aromatic carbocycles. The van der Waals surface area contributed by atoms with Gasteiger partial charge in [0.15, 0.2) is 0 Å². The van der Waals surface area contributed by atoms with Gasteiger partial charge >= 0.3 is 5.97 Å². The molecule has 0 aliphatic carbocycles. The highest BCUT2D eigenvalue weighted by atomic mass is 35.5. The third kappa shape index (κ3) is 2.19. The highest BCUT2D eigenvalue weighted by Crippen LogP contribution is 2.39. The monoisotopic (exact) mass is 293 g/mol. The van der Waals surface area contributed by atoms with Crippen LogP contribution in [0.2, 0.25) is 5.02 Å². The van der Waals surface area contributed by atoms with E-state index in [0.717, 1.165) is 0 Å². The summed E-state index contributed by atoms with van der Waals surface area (Å²) in [7, 11) is 0. The van der Waals surface area contributed by atoms with E-state index >= 15 is 0 Å². The van der Waals surface area contributed by atoms with Crippen LogP contribution in [0.5, 0.6) is 0 Å². The Morgan fingerprint density at radius 1 is 1.20 bits per heavy atom. The molecule has 4 unspecified atom stereocenters. The summed E-state index contributed by atoms with van der Waals surface area (Å²) in [5.41, 5.74) is 0.540. The summed E-state index contributed by atoms with van der Waals surface area (Å²) in [6, 6.07) is 6.72. The molecule has 2 aliphatic rings. The Morgan fingerprint density at radius 3 is 2.55 bits per heavy atom. The number of hydrogen-bond donors (Lipinski definition) is 2. The average Bonchev–Trinajstić information content (AvgIpc) is 2.98. The number of carbonyl (C=O) groups excluding carboxylic acids is 1. The van der Waals surface area contributed by atoms with Crippen molar-refractivity contribution in [2.75, 3.05) is 5.32 Å². The molecular formula is C14H12ClNO4. The predicted molar refractivity (Wildman–Crippen MR) is 72.5 cm³/mol. The average molecular weight is 294 g/mol. The number of hydrogen-bond acceptors (Lipinski definition) is 3. The van der Waals surface area contributed by atoms with E-state index in [9.17, 15) is 14.7 Å². The minimum atomic E-state index is -1.02. The first-order valence-corrected chi connectivity index (χ1v) is 6.57. The Kier molecular flexibility index (Phi) is 3.23. The molecule has 3 rings (SSSR count). The molecule has 0 aromatic heterocycles. The van der Waals surface area contributed by atoms with Crippen molar-refractivity contribution in [1.29, 1.82) is 0 Å². The molecule has 2 bridgehead atoms. The predicted octanol–water partition coefficient (Wildman–Crippen LogP) is 1.93. The molecule has 2 aliphatic heterocycles. The van der Waals surface area contributed by atoms with Gasteiger partial charge < -0.3 is 15.2 Å². The summed E-state index contributed by atoms with van der Waals surface area (Å²) in [6.45, 7) is 0. The third-order valence-electron chi connectivity index (χ3n) is 3.58. The van der Waals surface area contributed by atoms with Gasteiger partial charge in [0, 0.05) is 10.7 Å². The minimum absolute atomic E-state index is 0.364. The van der Waals surface area contributed by atoms with Gasteiger partial charge in [0.2, 0.25) is 5.91 Å². The van der Waals surface area contributed by atoms with Crippen molar-refractivity contribution in [2.24, 2.45) is 11.8 Å². The summed E-state index contributed by atoms with van der Waals surface area (Å²) < 4.78 is 5.46. The normalized spacial score (nSPS) is 30.4. The molecule has 1 fully saturated rings. The van der Waals surface area contributed by atoms with Crippen LogP contribution in [-0.4, -0.2) is 29.2 Å². The Morgan fingerprint density at radius 2 is 1.90 bits per heavy atom. The van der Waals surface area contributed by atoms with Gasteiger partial charge in [-0.3, -0.25) is 9.59 Å². The number of benzene rings is 1. The van der Waals surface area contributed by atoms with E-state index in [1.807, 2.05) is 0 Å². The third-order valence-corrected chi connectivity index (χ3v) is 3.81. The lowest BCUT2D eigenvalue weighted by Crippen LogP contribution is -2.39. The highest BCUT2D eigenvalue weighted by molar-refractivity contribution is 6.30. The van der Waals surface area contributed by atoms with Gasteiger partial charge in [-0.2, -0.15) is 0 Å². The van der Waals surface area contributed by atoms with Crippen LogP contribution in [0.25, 0.3) is 0 Å². The fourth-order valence-electron chi connectivity index (χ4n) is 2.71. The van der Waals surface area contributed by atoms with Gasteiger partial charge in [-0.15, -0.1) is 0 Å². The second kappa shape index (κ2) is 4.92. The maximum Gasteiger partial charge on any atom is 0.310 e. The fourth-order valence-corrected chi connectivity index (χ4v) is 2.90. The maximum atomic E-state index is 12.3. The van der Waals surface area contributed by atoms with Crippen LogP contribution in [-0.2, 0) is 14.3 Å². The van der Waals surface area contributed by atoms with Crippen LogP contribution in [0, 0.1) is 11.8 Å². The van der Waals surface area contributed by atoms with Crippen LogP contribution in [0.3, 0.4) is 0 Å². The number of anilines is 1. The molecule has 20 heavy (non-hydrogen) atoms. The molecule has 1 saturated heterocycles. The Balaban J connectivity index is 1.80. The first-order chi connectivity index (χ1) is 9.56. The zero-order valence-electron chi connectivity index (χ0n) is 10.3. The van der Waals surface area contributed by atoms with Crippen molar-refractivity contribution in [3.8, 4) is 0 Å². The fraction of sp³-hybridized carbons (Fsp3) is 0.286. The molecule has 2 heterocycles. The number of carbonyl (C=O) groups is 2. The zero-order valence-corrected chi connectivity index (χ0v) is 11.1. The summed E-state index contributed by atoms with van der Waals surface area (Å²) in [5.74, 6) is -2.95. The molecular weight excluding hydrogens is 282 g/mol. The summed E-state index contributed by atoms with van der Waals surface area (Å²) in [6.07, 6.45) is 2.45. The highest BCUT2D eigenvalue weighted by Gasteiger charge is 2.53. The van der Waals surface area contributed by atoms with Crippen LogP contribution >= 0.6 is 11.6 Å². The quantitative estimate of drug-likeness (QED) is 0.835. The largest absolute Gasteiger partial charge is 0.481 e. The number of amides is 1. The van der Waals surface area contributed by atoms with Crippen LogP contribution in [0.4, 0.5) is 5.69 Å². The standard InChI is InChI=1S/C14H12ClNO4/c15-7-2-1-3-8(6-7)16-13(17)11-9-4-5-10(20-9)12(11)14(18)19/h1-6,9-12H,(H,16,17)(H,18,19).